The fourth-order valence-electron chi connectivity index (χ4n) is 4.89. The highest BCUT2D eigenvalue weighted by molar-refractivity contribution is 7.88. The molecule has 0 heterocycles. The van der Waals surface area contributed by atoms with E-state index in [1.807, 2.05) is 4.72 Å². The minimum absolute atomic E-state index is 0.347. The van der Waals surface area contributed by atoms with Crippen LogP contribution in [0.4, 0.5) is 4.79 Å². The highest BCUT2D eigenvalue weighted by atomic mass is 32.2. The highest BCUT2D eigenvalue weighted by Crippen LogP contribution is 2.55. The van der Waals surface area contributed by atoms with Gasteiger partial charge < -0.3 is 4.74 Å². The van der Waals surface area contributed by atoms with Crippen LogP contribution in [-0.4, -0.2) is 26.2 Å². The summed E-state index contributed by atoms with van der Waals surface area (Å²) in [5.74, 6) is 1.92. The van der Waals surface area contributed by atoms with Crippen LogP contribution < -0.4 is 9.44 Å². The van der Waals surface area contributed by atoms with Crippen LogP contribution in [0, 0.1) is 17.8 Å². The first-order valence-corrected chi connectivity index (χ1v) is 9.26. The van der Waals surface area contributed by atoms with Crippen LogP contribution in [0.25, 0.3) is 0 Å². The monoisotopic (exact) mass is 316 g/mol. The lowest BCUT2D eigenvalue weighted by Gasteiger charge is -2.56. The van der Waals surface area contributed by atoms with Crippen molar-refractivity contribution in [2.75, 3.05) is 0 Å². The van der Waals surface area contributed by atoms with Gasteiger partial charge in [-0.25, -0.2) is 9.52 Å². The molecular formula is C14H24N2O4S. The number of carbonyl (C=O) groups is 1. The van der Waals surface area contributed by atoms with Gasteiger partial charge in [0, 0.05) is 5.54 Å². The first kappa shape index (κ1) is 15.1. The van der Waals surface area contributed by atoms with E-state index in [1.165, 1.54) is 19.3 Å². The zero-order chi connectivity index (χ0) is 15.3. The van der Waals surface area contributed by atoms with Gasteiger partial charge in [-0.2, -0.15) is 13.1 Å². The minimum Gasteiger partial charge on any atom is -0.446 e. The lowest BCUT2D eigenvalue weighted by molar-refractivity contribution is -0.00824. The number of hydrogen-bond donors (Lipinski definition) is 2. The van der Waals surface area contributed by atoms with E-state index < -0.39 is 16.3 Å². The summed E-state index contributed by atoms with van der Waals surface area (Å²) in [6.07, 6.45) is 5.16. The van der Waals surface area contributed by atoms with Crippen LogP contribution in [0.5, 0.6) is 0 Å². The lowest BCUT2D eigenvalue weighted by Crippen LogP contribution is -2.61. The van der Waals surface area contributed by atoms with Gasteiger partial charge in [-0.05, 0) is 70.1 Å². The van der Waals surface area contributed by atoms with Gasteiger partial charge in [0.2, 0.25) is 0 Å². The summed E-state index contributed by atoms with van der Waals surface area (Å²) < 4.78 is 33.9. The molecule has 0 aromatic heterocycles. The molecule has 120 valence electrons. The van der Waals surface area contributed by atoms with E-state index in [4.69, 9.17) is 4.74 Å². The maximum absolute atomic E-state index is 12.2. The van der Waals surface area contributed by atoms with Crippen molar-refractivity contribution in [1.29, 1.82) is 0 Å². The molecular weight excluding hydrogens is 292 g/mol. The van der Waals surface area contributed by atoms with Crippen molar-refractivity contribution in [1.82, 2.24) is 9.44 Å². The standard InChI is InChI=1S/C14H24N2O4S/c1-9(2)20-13(17)15-21(18,19)16-14-6-10-3-11(7-14)5-12(4-10)8-14/h9-12,16H,3-8H2,1-2H3,(H,15,17). The van der Waals surface area contributed by atoms with Gasteiger partial charge in [-0.1, -0.05) is 0 Å². The van der Waals surface area contributed by atoms with Gasteiger partial charge in [-0.3, -0.25) is 0 Å². The third-order valence-corrected chi connectivity index (χ3v) is 6.09. The fourth-order valence-corrected chi connectivity index (χ4v) is 6.03. The second-order valence-electron chi connectivity index (χ2n) is 7.36. The van der Waals surface area contributed by atoms with E-state index in [0.29, 0.717) is 17.8 Å². The summed E-state index contributed by atoms with van der Waals surface area (Å²) in [6.45, 7) is 3.36. The summed E-state index contributed by atoms with van der Waals surface area (Å²) in [4.78, 5) is 11.5. The SMILES string of the molecule is CC(C)OC(=O)NS(=O)(=O)NC12CC3CC(CC(C3)C1)C2. The Labute approximate surface area is 126 Å². The third-order valence-electron chi connectivity index (χ3n) is 4.95. The van der Waals surface area contributed by atoms with E-state index in [-0.39, 0.29) is 11.6 Å². The molecule has 7 heteroatoms. The smallest absolute Gasteiger partial charge is 0.422 e. The summed E-state index contributed by atoms with van der Waals surface area (Å²) in [5.41, 5.74) is -0.349. The Hall–Kier alpha value is -0.820. The minimum atomic E-state index is -3.86. The van der Waals surface area contributed by atoms with Crippen molar-refractivity contribution >= 4 is 16.3 Å². The van der Waals surface area contributed by atoms with Crippen molar-refractivity contribution in [3.05, 3.63) is 0 Å². The summed E-state index contributed by atoms with van der Waals surface area (Å²) >= 11 is 0. The molecule has 4 saturated carbocycles. The molecule has 4 rings (SSSR count). The van der Waals surface area contributed by atoms with E-state index in [1.54, 1.807) is 13.8 Å². The molecule has 0 unspecified atom stereocenters. The van der Waals surface area contributed by atoms with E-state index in [2.05, 4.69) is 4.72 Å². The Morgan fingerprint density at radius 1 is 1.10 bits per heavy atom. The van der Waals surface area contributed by atoms with Crippen LogP contribution in [0.3, 0.4) is 0 Å². The van der Waals surface area contributed by atoms with Crippen molar-refractivity contribution in [2.24, 2.45) is 17.8 Å². The van der Waals surface area contributed by atoms with Gasteiger partial charge >= 0.3 is 16.3 Å². The predicted octanol–water partition coefficient (Wildman–Crippen LogP) is 1.92. The normalized spacial score (nSPS) is 37.8. The first-order chi connectivity index (χ1) is 9.75. The molecule has 2 N–H and O–H groups in total. The molecule has 4 fully saturated rings. The Morgan fingerprint density at radius 2 is 1.57 bits per heavy atom. The number of ether oxygens (including phenoxy) is 1. The van der Waals surface area contributed by atoms with Crippen LogP contribution in [0.2, 0.25) is 0 Å². The summed E-state index contributed by atoms with van der Waals surface area (Å²) in [5, 5.41) is 0. The first-order valence-electron chi connectivity index (χ1n) is 7.78. The van der Waals surface area contributed by atoms with E-state index >= 15 is 0 Å². The van der Waals surface area contributed by atoms with Crippen LogP contribution in [-0.2, 0) is 14.9 Å². The molecule has 4 aliphatic rings. The molecule has 6 nitrogen and oxygen atoms in total. The molecule has 0 saturated heterocycles. The topological polar surface area (TPSA) is 84.5 Å². The Kier molecular flexibility index (Phi) is 3.68. The van der Waals surface area contributed by atoms with E-state index in [0.717, 1.165) is 19.3 Å². The molecule has 4 aliphatic carbocycles. The molecule has 0 aliphatic heterocycles. The van der Waals surface area contributed by atoms with Crippen molar-refractivity contribution in [3.63, 3.8) is 0 Å². The molecule has 1 amide bonds. The van der Waals surface area contributed by atoms with Gasteiger partial charge in [0.15, 0.2) is 0 Å². The molecule has 0 atom stereocenters. The van der Waals surface area contributed by atoms with Gasteiger partial charge in [0.25, 0.3) is 0 Å². The number of amides is 1. The van der Waals surface area contributed by atoms with Crippen LogP contribution in [0.1, 0.15) is 52.4 Å². The molecule has 21 heavy (non-hydrogen) atoms. The molecule has 0 spiro atoms. The Morgan fingerprint density at radius 3 is 2.00 bits per heavy atom. The average Bonchev–Trinajstić information content (AvgIpc) is 2.21. The summed E-state index contributed by atoms with van der Waals surface area (Å²) in [7, 11) is -3.86. The largest absolute Gasteiger partial charge is 0.446 e. The zero-order valence-electron chi connectivity index (χ0n) is 12.6. The van der Waals surface area contributed by atoms with E-state index in [9.17, 15) is 13.2 Å². The third kappa shape index (κ3) is 3.34. The number of hydrogen-bond acceptors (Lipinski definition) is 4. The molecule has 4 bridgehead atoms. The van der Waals surface area contributed by atoms with Crippen LogP contribution >= 0.6 is 0 Å². The highest BCUT2D eigenvalue weighted by Gasteiger charge is 2.52. The Balaban J connectivity index is 1.66. The molecule has 0 aromatic carbocycles. The van der Waals surface area contributed by atoms with Crippen LogP contribution in [0.15, 0.2) is 0 Å². The summed E-state index contributed by atoms with van der Waals surface area (Å²) in [6, 6.07) is 0. The predicted molar refractivity (Wildman–Crippen MR) is 77.7 cm³/mol. The second kappa shape index (κ2) is 5.12. The quantitative estimate of drug-likeness (QED) is 0.830. The number of nitrogens with one attached hydrogen (secondary N) is 2. The number of rotatable bonds is 4. The fraction of sp³-hybridized carbons (Fsp3) is 0.929. The van der Waals surface area contributed by atoms with Gasteiger partial charge in [-0.15, -0.1) is 0 Å². The van der Waals surface area contributed by atoms with Crippen molar-refractivity contribution < 1.29 is 17.9 Å². The van der Waals surface area contributed by atoms with Gasteiger partial charge in [0.1, 0.15) is 0 Å². The maximum atomic E-state index is 12.2. The maximum Gasteiger partial charge on any atom is 0.422 e. The lowest BCUT2D eigenvalue weighted by atomic mass is 9.53. The molecule has 0 radical (unpaired) electrons. The Bertz CT molecular complexity index is 494. The van der Waals surface area contributed by atoms with Crippen molar-refractivity contribution in [2.45, 2.75) is 64.0 Å². The number of carbonyl (C=O) groups excluding carboxylic acids is 1. The molecule has 0 aromatic rings. The van der Waals surface area contributed by atoms with Crippen molar-refractivity contribution in [3.8, 4) is 0 Å². The zero-order valence-corrected chi connectivity index (χ0v) is 13.4. The average molecular weight is 316 g/mol. The second-order valence-corrected chi connectivity index (χ2v) is 8.77. The van der Waals surface area contributed by atoms with Gasteiger partial charge in [0.05, 0.1) is 6.10 Å².